The highest BCUT2D eigenvalue weighted by Crippen LogP contribution is 2.28. The van der Waals surface area contributed by atoms with Crippen LogP contribution in [0.1, 0.15) is 24.0 Å². The quantitative estimate of drug-likeness (QED) is 0.708. The molecular formula is C21H27NO4. The van der Waals surface area contributed by atoms with Crippen molar-refractivity contribution in [2.45, 2.75) is 25.7 Å². The fourth-order valence-electron chi connectivity index (χ4n) is 2.75. The summed E-state index contributed by atoms with van der Waals surface area (Å²) in [6, 6.07) is 13.7. The van der Waals surface area contributed by atoms with Crippen LogP contribution in [0.3, 0.4) is 0 Å². The molecule has 0 saturated heterocycles. The fourth-order valence-corrected chi connectivity index (χ4v) is 2.75. The van der Waals surface area contributed by atoms with Crippen LogP contribution in [0.2, 0.25) is 0 Å². The maximum Gasteiger partial charge on any atom is 0.220 e. The summed E-state index contributed by atoms with van der Waals surface area (Å²) in [5.41, 5.74) is 2.28. The van der Waals surface area contributed by atoms with E-state index in [1.165, 1.54) is 0 Å². The molecule has 5 heteroatoms. The van der Waals surface area contributed by atoms with Crippen LogP contribution in [0, 0.1) is 0 Å². The Kier molecular flexibility index (Phi) is 7.80. The summed E-state index contributed by atoms with van der Waals surface area (Å²) in [4.78, 5) is 12.0. The summed E-state index contributed by atoms with van der Waals surface area (Å²) < 4.78 is 15.7. The van der Waals surface area contributed by atoms with E-state index in [-0.39, 0.29) is 5.91 Å². The summed E-state index contributed by atoms with van der Waals surface area (Å²) in [6.45, 7) is 0.627. The zero-order valence-corrected chi connectivity index (χ0v) is 15.7. The molecule has 1 N–H and O–H groups in total. The molecule has 2 aromatic rings. The third kappa shape index (κ3) is 5.99. The maximum absolute atomic E-state index is 12.0. The second kappa shape index (κ2) is 10.3. The largest absolute Gasteiger partial charge is 0.497 e. The molecule has 2 rings (SSSR count). The van der Waals surface area contributed by atoms with E-state index in [2.05, 4.69) is 5.32 Å². The summed E-state index contributed by atoms with van der Waals surface area (Å²) in [5, 5.41) is 2.97. The van der Waals surface area contributed by atoms with Crippen LogP contribution in [0.4, 0.5) is 0 Å². The number of hydrogen-bond donors (Lipinski definition) is 1. The molecule has 0 fully saturated rings. The van der Waals surface area contributed by atoms with E-state index in [0.717, 1.165) is 36.1 Å². The van der Waals surface area contributed by atoms with Gasteiger partial charge in [-0.15, -0.1) is 0 Å². The van der Waals surface area contributed by atoms with Crippen molar-refractivity contribution >= 4 is 5.91 Å². The Morgan fingerprint density at radius 1 is 0.885 bits per heavy atom. The Morgan fingerprint density at radius 2 is 1.65 bits per heavy atom. The highest BCUT2D eigenvalue weighted by atomic mass is 16.5. The van der Waals surface area contributed by atoms with Gasteiger partial charge in [0, 0.05) is 13.0 Å². The zero-order valence-electron chi connectivity index (χ0n) is 15.7. The van der Waals surface area contributed by atoms with Gasteiger partial charge in [-0.05, 0) is 54.7 Å². The molecule has 0 aliphatic rings. The second-order valence-corrected chi connectivity index (χ2v) is 5.99. The lowest BCUT2D eigenvalue weighted by Gasteiger charge is -2.10. The minimum absolute atomic E-state index is 0.0772. The van der Waals surface area contributed by atoms with Gasteiger partial charge in [0.1, 0.15) is 5.75 Å². The van der Waals surface area contributed by atoms with Gasteiger partial charge < -0.3 is 19.5 Å². The summed E-state index contributed by atoms with van der Waals surface area (Å²) in [5.74, 6) is 2.34. The number of hydrogen-bond acceptors (Lipinski definition) is 4. The Bertz CT molecular complexity index is 715. The third-order valence-corrected chi connectivity index (χ3v) is 4.19. The number of aryl methyl sites for hydroxylation is 1. The van der Waals surface area contributed by atoms with Crippen LogP contribution >= 0.6 is 0 Å². The molecule has 0 heterocycles. The van der Waals surface area contributed by atoms with Gasteiger partial charge in [-0.1, -0.05) is 18.2 Å². The minimum atomic E-state index is 0.0772. The third-order valence-electron chi connectivity index (χ3n) is 4.19. The van der Waals surface area contributed by atoms with Crippen molar-refractivity contribution in [1.29, 1.82) is 0 Å². The van der Waals surface area contributed by atoms with Gasteiger partial charge in [0.2, 0.25) is 5.91 Å². The topological polar surface area (TPSA) is 56.8 Å². The molecule has 1 amide bonds. The highest BCUT2D eigenvalue weighted by molar-refractivity contribution is 5.75. The predicted octanol–water partition coefficient (Wildman–Crippen LogP) is 3.39. The lowest BCUT2D eigenvalue weighted by Crippen LogP contribution is -2.25. The summed E-state index contributed by atoms with van der Waals surface area (Å²) in [6.07, 6.45) is 2.91. The molecule has 0 unspecified atom stereocenters. The minimum Gasteiger partial charge on any atom is -0.497 e. The molecule has 0 aliphatic carbocycles. The number of benzene rings is 2. The SMILES string of the molecule is COc1cccc(CCNC(=O)CCCc2ccc(OC)c(OC)c2)c1. The highest BCUT2D eigenvalue weighted by Gasteiger charge is 2.06. The lowest BCUT2D eigenvalue weighted by atomic mass is 10.1. The zero-order chi connectivity index (χ0) is 18.8. The van der Waals surface area contributed by atoms with Gasteiger partial charge in [0.05, 0.1) is 21.3 Å². The van der Waals surface area contributed by atoms with Crippen molar-refractivity contribution in [3.8, 4) is 17.2 Å². The first-order valence-corrected chi connectivity index (χ1v) is 8.76. The number of amides is 1. The van der Waals surface area contributed by atoms with Crippen molar-refractivity contribution in [3.05, 3.63) is 53.6 Å². The second-order valence-electron chi connectivity index (χ2n) is 5.99. The molecule has 0 atom stereocenters. The summed E-state index contributed by atoms with van der Waals surface area (Å²) >= 11 is 0. The molecule has 0 saturated carbocycles. The van der Waals surface area contributed by atoms with Gasteiger partial charge in [-0.3, -0.25) is 4.79 Å². The van der Waals surface area contributed by atoms with E-state index >= 15 is 0 Å². The van der Waals surface area contributed by atoms with Crippen molar-refractivity contribution < 1.29 is 19.0 Å². The number of nitrogens with one attached hydrogen (secondary N) is 1. The van der Waals surface area contributed by atoms with Gasteiger partial charge in [-0.2, -0.15) is 0 Å². The first kappa shape index (κ1) is 19.6. The van der Waals surface area contributed by atoms with Gasteiger partial charge in [-0.25, -0.2) is 0 Å². The Balaban J connectivity index is 1.70. The Morgan fingerprint density at radius 3 is 2.38 bits per heavy atom. The number of ether oxygens (including phenoxy) is 3. The van der Waals surface area contributed by atoms with Gasteiger partial charge in [0.15, 0.2) is 11.5 Å². The monoisotopic (exact) mass is 357 g/mol. The number of carbonyl (C=O) groups is 1. The van der Waals surface area contributed by atoms with E-state index in [1.807, 2.05) is 42.5 Å². The Hall–Kier alpha value is -2.69. The van der Waals surface area contributed by atoms with Gasteiger partial charge in [0.25, 0.3) is 0 Å². The normalized spacial score (nSPS) is 10.3. The van der Waals surface area contributed by atoms with Crippen LogP contribution in [0.15, 0.2) is 42.5 Å². The molecule has 26 heavy (non-hydrogen) atoms. The molecule has 0 radical (unpaired) electrons. The van der Waals surface area contributed by atoms with E-state index < -0.39 is 0 Å². The lowest BCUT2D eigenvalue weighted by molar-refractivity contribution is -0.121. The maximum atomic E-state index is 12.0. The molecule has 0 aromatic heterocycles. The molecule has 2 aromatic carbocycles. The van der Waals surface area contributed by atoms with Crippen molar-refractivity contribution in [1.82, 2.24) is 5.32 Å². The van der Waals surface area contributed by atoms with Crippen molar-refractivity contribution in [2.75, 3.05) is 27.9 Å². The molecular weight excluding hydrogens is 330 g/mol. The van der Waals surface area contributed by atoms with E-state index in [0.29, 0.717) is 24.5 Å². The van der Waals surface area contributed by atoms with Crippen LogP contribution in [-0.4, -0.2) is 33.8 Å². The van der Waals surface area contributed by atoms with Crippen molar-refractivity contribution in [2.24, 2.45) is 0 Å². The number of carbonyl (C=O) groups excluding carboxylic acids is 1. The van der Waals surface area contributed by atoms with Crippen LogP contribution in [0.5, 0.6) is 17.2 Å². The summed E-state index contributed by atoms with van der Waals surface area (Å²) in [7, 11) is 4.89. The molecule has 0 spiro atoms. The number of methoxy groups -OCH3 is 3. The fraction of sp³-hybridized carbons (Fsp3) is 0.381. The van der Waals surface area contributed by atoms with E-state index in [9.17, 15) is 4.79 Å². The van der Waals surface area contributed by atoms with Crippen LogP contribution < -0.4 is 19.5 Å². The Labute approximate surface area is 155 Å². The number of rotatable bonds is 10. The van der Waals surface area contributed by atoms with Crippen LogP contribution in [-0.2, 0) is 17.6 Å². The van der Waals surface area contributed by atoms with E-state index in [1.54, 1.807) is 21.3 Å². The smallest absolute Gasteiger partial charge is 0.220 e. The average molecular weight is 357 g/mol. The molecule has 0 bridgehead atoms. The first-order valence-electron chi connectivity index (χ1n) is 8.76. The average Bonchev–Trinajstić information content (AvgIpc) is 2.68. The van der Waals surface area contributed by atoms with E-state index in [4.69, 9.17) is 14.2 Å². The molecule has 0 aliphatic heterocycles. The first-order chi connectivity index (χ1) is 12.7. The molecule has 140 valence electrons. The van der Waals surface area contributed by atoms with Gasteiger partial charge >= 0.3 is 0 Å². The van der Waals surface area contributed by atoms with Crippen molar-refractivity contribution in [3.63, 3.8) is 0 Å². The molecule has 5 nitrogen and oxygen atoms in total. The van der Waals surface area contributed by atoms with Crippen LogP contribution in [0.25, 0.3) is 0 Å². The predicted molar refractivity (Wildman–Crippen MR) is 102 cm³/mol. The standard InChI is InChI=1S/C21H27NO4/c1-24-18-8-4-6-17(14-18)12-13-22-21(23)9-5-7-16-10-11-19(25-2)20(15-16)26-3/h4,6,8,10-11,14-15H,5,7,9,12-13H2,1-3H3,(H,22,23).